The lowest BCUT2D eigenvalue weighted by molar-refractivity contribution is 0.464. The third kappa shape index (κ3) is 2.64. The van der Waals surface area contributed by atoms with Crippen molar-refractivity contribution < 1.29 is 9.84 Å². The number of ether oxygens (including phenoxy) is 1. The second-order valence-electron chi connectivity index (χ2n) is 4.24. The fourth-order valence-corrected chi connectivity index (χ4v) is 2.28. The molecule has 3 nitrogen and oxygen atoms in total. The van der Waals surface area contributed by atoms with Crippen LogP contribution in [-0.4, -0.2) is 10.1 Å². The number of phenolic OH excluding ortho intramolecular Hbond substituents is 1. The predicted octanol–water partition coefficient (Wildman–Crippen LogP) is 5.04. The number of aromatic nitrogens is 1. The molecule has 0 saturated carbocycles. The number of aromatic hydroxyl groups is 1. The summed E-state index contributed by atoms with van der Waals surface area (Å²) in [5.41, 5.74) is 0. The quantitative estimate of drug-likeness (QED) is 0.721. The maximum atomic E-state index is 9.50. The Kier molecular flexibility index (Phi) is 3.38. The van der Waals surface area contributed by atoms with Crippen LogP contribution in [-0.2, 0) is 0 Å². The number of benzene rings is 2. The van der Waals surface area contributed by atoms with Crippen molar-refractivity contribution in [2.45, 2.75) is 0 Å². The van der Waals surface area contributed by atoms with Crippen molar-refractivity contribution in [2.24, 2.45) is 0 Å². The van der Waals surface area contributed by atoms with Crippen molar-refractivity contribution in [2.75, 3.05) is 0 Å². The lowest BCUT2D eigenvalue weighted by Crippen LogP contribution is -1.89. The van der Waals surface area contributed by atoms with Crippen LogP contribution in [0.25, 0.3) is 10.8 Å². The van der Waals surface area contributed by atoms with Crippen LogP contribution in [0.2, 0.25) is 10.0 Å². The molecule has 0 amide bonds. The Hall–Kier alpha value is -1.97. The Morgan fingerprint density at radius 1 is 0.950 bits per heavy atom. The summed E-state index contributed by atoms with van der Waals surface area (Å²) in [5.74, 6) is 1.08. The Bertz CT molecular complexity index is 790. The molecule has 1 heterocycles. The SMILES string of the molecule is Oc1ccc2ccc(Oc3ncc(Cl)cc3Cl)cc2c1. The number of pyridine rings is 1. The topological polar surface area (TPSA) is 42.4 Å². The largest absolute Gasteiger partial charge is 0.508 e. The fourth-order valence-electron chi connectivity index (χ4n) is 1.86. The summed E-state index contributed by atoms with van der Waals surface area (Å²) in [6, 6.07) is 12.2. The van der Waals surface area contributed by atoms with Crippen LogP contribution in [0.4, 0.5) is 0 Å². The van der Waals surface area contributed by atoms with Crippen LogP contribution in [0.5, 0.6) is 17.4 Å². The molecular weight excluding hydrogens is 297 g/mol. The molecule has 0 aliphatic heterocycles. The summed E-state index contributed by atoms with van der Waals surface area (Å²) in [4.78, 5) is 4.04. The first-order chi connectivity index (χ1) is 9.61. The van der Waals surface area contributed by atoms with Gasteiger partial charge in [-0.15, -0.1) is 0 Å². The number of nitrogens with zero attached hydrogens (tertiary/aromatic N) is 1. The minimum atomic E-state index is 0.206. The smallest absolute Gasteiger partial charge is 0.238 e. The fraction of sp³-hybridized carbons (Fsp3) is 0. The van der Waals surface area contributed by atoms with Gasteiger partial charge in [-0.2, -0.15) is 0 Å². The van der Waals surface area contributed by atoms with Crippen molar-refractivity contribution in [3.8, 4) is 17.4 Å². The second-order valence-corrected chi connectivity index (χ2v) is 5.08. The molecule has 1 aromatic heterocycles. The van der Waals surface area contributed by atoms with E-state index in [1.165, 1.54) is 6.20 Å². The van der Waals surface area contributed by atoms with E-state index in [0.29, 0.717) is 15.8 Å². The lowest BCUT2D eigenvalue weighted by Gasteiger charge is -2.07. The van der Waals surface area contributed by atoms with Crippen LogP contribution in [0.15, 0.2) is 48.7 Å². The van der Waals surface area contributed by atoms with E-state index in [0.717, 1.165) is 10.8 Å². The standard InChI is InChI=1S/C15H9Cl2NO2/c16-11-7-14(17)15(18-8-11)20-13-4-2-9-1-3-12(19)5-10(9)6-13/h1-8,19H. The van der Waals surface area contributed by atoms with Gasteiger partial charge in [0.1, 0.15) is 16.5 Å². The van der Waals surface area contributed by atoms with Crippen molar-refractivity contribution in [3.63, 3.8) is 0 Å². The number of hydrogen-bond donors (Lipinski definition) is 1. The van der Waals surface area contributed by atoms with E-state index >= 15 is 0 Å². The summed E-state index contributed by atoms with van der Waals surface area (Å²) in [5, 5.41) is 12.2. The molecule has 3 aromatic rings. The zero-order chi connectivity index (χ0) is 14.1. The number of phenols is 1. The number of rotatable bonds is 2. The van der Waals surface area contributed by atoms with Crippen LogP contribution in [0, 0.1) is 0 Å². The van der Waals surface area contributed by atoms with E-state index in [9.17, 15) is 5.11 Å². The van der Waals surface area contributed by atoms with Gasteiger partial charge in [-0.05, 0) is 41.1 Å². The minimum absolute atomic E-state index is 0.206. The van der Waals surface area contributed by atoms with Gasteiger partial charge in [-0.1, -0.05) is 35.3 Å². The molecule has 20 heavy (non-hydrogen) atoms. The van der Waals surface area contributed by atoms with Crippen LogP contribution < -0.4 is 4.74 Å². The molecule has 0 unspecified atom stereocenters. The Balaban J connectivity index is 1.98. The molecule has 0 fully saturated rings. The van der Waals surface area contributed by atoms with Gasteiger partial charge in [0.25, 0.3) is 0 Å². The normalized spacial score (nSPS) is 10.7. The van der Waals surface area contributed by atoms with Gasteiger partial charge in [-0.25, -0.2) is 4.98 Å². The van der Waals surface area contributed by atoms with E-state index in [4.69, 9.17) is 27.9 Å². The predicted molar refractivity (Wildman–Crippen MR) is 79.9 cm³/mol. The average molecular weight is 306 g/mol. The van der Waals surface area contributed by atoms with Gasteiger partial charge in [0.15, 0.2) is 0 Å². The molecule has 1 N–H and O–H groups in total. The van der Waals surface area contributed by atoms with E-state index in [1.54, 1.807) is 18.2 Å². The van der Waals surface area contributed by atoms with Gasteiger partial charge in [0, 0.05) is 6.20 Å². The Labute approximate surface area is 125 Å². The number of fused-ring (bicyclic) bond motifs is 1. The highest BCUT2D eigenvalue weighted by Crippen LogP contribution is 2.31. The van der Waals surface area contributed by atoms with E-state index in [2.05, 4.69) is 4.98 Å². The number of hydrogen-bond acceptors (Lipinski definition) is 3. The molecule has 2 aromatic carbocycles. The molecule has 0 saturated heterocycles. The first-order valence-electron chi connectivity index (χ1n) is 5.83. The summed E-state index contributed by atoms with van der Waals surface area (Å²) in [6.45, 7) is 0. The summed E-state index contributed by atoms with van der Waals surface area (Å²) in [6.07, 6.45) is 1.47. The molecule has 0 aliphatic carbocycles. The molecule has 0 aliphatic rings. The maximum Gasteiger partial charge on any atom is 0.238 e. The molecular formula is C15H9Cl2NO2. The van der Waals surface area contributed by atoms with Crippen molar-refractivity contribution in [3.05, 3.63) is 58.7 Å². The van der Waals surface area contributed by atoms with Gasteiger partial charge in [0.2, 0.25) is 5.88 Å². The van der Waals surface area contributed by atoms with E-state index < -0.39 is 0 Å². The summed E-state index contributed by atoms with van der Waals surface area (Å²) >= 11 is 11.8. The lowest BCUT2D eigenvalue weighted by atomic mass is 10.1. The van der Waals surface area contributed by atoms with Gasteiger partial charge < -0.3 is 9.84 Å². The molecule has 0 atom stereocenters. The van der Waals surface area contributed by atoms with Crippen LogP contribution in [0.3, 0.4) is 0 Å². The monoisotopic (exact) mass is 305 g/mol. The highest BCUT2D eigenvalue weighted by atomic mass is 35.5. The third-order valence-electron chi connectivity index (χ3n) is 2.78. The number of halogens is 2. The van der Waals surface area contributed by atoms with E-state index in [-0.39, 0.29) is 11.6 Å². The molecule has 5 heteroatoms. The second kappa shape index (κ2) is 5.19. The maximum absolute atomic E-state index is 9.50. The highest BCUT2D eigenvalue weighted by Gasteiger charge is 2.06. The Morgan fingerprint density at radius 2 is 1.75 bits per heavy atom. The van der Waals surface area contributed by atoms with Gasteiger partial charge >= 0.3 is 0 Å². The van der Waals surface area contributed by atoms with Crippen LogP contribution in [0.1, 0.15) is 0 Å². The van der Waals surface area contributed by atoms with Gasteiger partial charge in [-0.3, -0.25) is 0 Å². The Morgan fingerprint density at radius 3 is 2.55 bits per heavy atom. The highest BCUT2D eigenvalue weighted by molar-refractivity contribution is 6.35. The first kappa shape index (κ1) is 13.0. The molecule has 0 bridgehead atoms. The molecule has 3 rings (SSSR count). The average Bonchev–Trinajstić information content (AvgIpc) is 2.41. The van der Waals surface area contributed by atoms with Crippen molar-refractivity contribution >= 4 is 34.0 Å². The summed E-state index contributed by atoms with van der Waals surface area (Å²) in [7, 11) is 0. The molecule has 100 valence electrons. The zero-order valence-corrected chi connectivity index (χ0v) is 11.7. The molecule has 0 radical (unpaired) electrons. The third-order valence-corrected chi connectivity index (χ3v) is 3.26. The van der Waals surface area contributed by atoms with Crippen molar-refractivity contribution in [1.29, 1.82) is 0 Å². The zero-order valence-electron chi connectivity index (χ0n) is 10.2. The van der Waals surface area contributed by atoms with Gasteiger partial charge in [0.05, 0.1) is 5.02 Å². The summed E-state index contributed by atoms with van der Waals surface area (Å²) < 4.78 is 5.63. The van der Waals surface area contributed by atoms with Crippen molar-refractivity contribution in [1.82, 2.24) is 4.98 Å². The van der Waals surface area contributed by atoms with Crippen LogP contribution >= 0.6 is 23.2 Å². The van der Waals surface area contributed by atoms with E-state index in [1.807, 2.05) is 24.3 Å². The first-order valence-corrected chi connectivity index (χ1v) is 6.59. The minimum Gasteiger partial charge on any atom is -0.508 e. The molecule has 0 spiro atoms.